The van der Waals surface area contributed by atoms with E-state index >= 15 is 0 Å². The van der Waals surface area contributed by atoms with E-state index in [9.17, 15) is 9.59 Å². The van der Waals surface area contributed by atoms with Gasteiger partial charge >= 0.3 is 0 Å². The van der Waals surface area contributed by atoms with Gasteiger partial charge in [0.05, 0.1) is 12.2 Å². The molecule has 0 aliphatic carbocycles. The number of aromatic nitrogens is 2. The minimum Gasteiger partial charge on any atom is -0.455 e. The first-order valence-electron chi connectivity index (χ1n) is 9.29. The number of nitrogens with one attached hydrogen (secondary N) is 2. The summed E-state index contributed by atoms with van der Waals surface area (Å²) < 4.78 is 5.80. The monoisotopic (exact) mass is 398 g/mol. The third-order valence-corrected chi connectivity index (χ3v) is 4.34. The van der Waals surface area contributed by atoms with Gasteiger partial charge in [-0.25, -0.2) is 0 Å². The standard InChI is InChI=1S/C23H18N4O3/c28-21(15-26-23(29)22-18-6-2-1-5-16(18)9-14-25-22)27-19-7-3-4-8-20(19)30-17-10-12-24-13-11-17/h1-14H,15H2,(H,26,29)(H,27,28). The molecule has 2 amide bonds. The highest BCUT2D eigenvalue weighted by Crippen LogP contribution is 2.28. The van der Waals surface area contributed by atoms with Gasteiger partial charge < -0.3 is 15.4 Å². The Bertz CT molecular complexity index is 1190. The van der Waals surface area contributed by atoms with Gasteiger partial charge in [0.1, 0.15) is 11.4 Å². The second kappa shape index (κ2) is 8.83. The van der Waals surface area contributed by atoms with Crippen LogP contribution in [0.15, 0.2) is 85.3 Å². The molecule has 0 fully saturated rings. The van der Waals surface area contributed by atoms with Gasteiger partial charge in [-0.05, 0) is 35.7 Å². The molecule has 2 N–H and O–H groups in total. The zero-order valence-electron chi connectivity index (χ0n) is 15.9. The maximum Gasteiger partial charge on any atom is 0.270 e. The van der Waals surface area contributed by atoms with Crippen LogP contribution in [0.3, 0.4) is 0 Å². The molecule has 0 spiro atoms. The van der Waals surface area contributed by atoms with Crippen LogP contribution >= 0.6 is 0 Å². The summed E-state index contributed by atoms with van der Waals surface area (Å²) in [6, 6.07) is 19.8. The van der Waals surface area contributed by atoms with Crippen LogP contribution < -0.4 is 15.4 Å². The highest BCUT2D eigenvalue weighted by molar-refractivity contribution is 6.06. The first kappa shape index (κ1) is 19.1. The predicted molar refractivity (Wildman–Crippen MR) is 113 cm³/mol. The molecular weight excluding hydrogens is 380 g/mol. The quantitative estimate of drug-likeness (QED) is 0.515. The van der Waals surface area contributed by atoms with Gasteiger partial charge in [-0.1, -0.05) is 36.4 Å². The Balaban J connectivity index is 1.41. The molecular formula is C23H18N4O3. The summed E-state index contributed by atoms with van der Waals surface area (Å²) in [5.41, 5.74) is 0.777. The van der Waals surface area contributed by atoms with Crippen molar-refractivity contribution in [2.45, 2.75) is 0 Å². The van der Waals surface area contributed by atoms with Crippen molar-refractivity contribution >= 4 is 28.3 Å². The van der Waals surface area contributed by atoms with Gasteiger partial charge in [0.2, 0.25) is 5.91 Å². The van der Waals surface area contributed by atoms with Crippen LogP contribution in [-0.2, 0) is 4.79 Å². The SMILES string of the molecule is O=C(CNC(=O)c1nccc2ccccc12)Nc1ccccc1Oc1ccncc1. The number of carbonyl (C=O) groups excluding carboxylic acids is 2. The molecule has 0 aliphatic rings. The molecule has 30 heavy (non-hydrogen) atoms. The normalized spacial score (nSPS) is 10.4. The van der Waals surface area contributed by atoms with Gasteiger partial charge in [-0.3, -0.25) is 19.6 Å². The van der Waals surface area contributed by atoms with Crippen molar-refractivity contribution in [2.24, 2.45) is 0 Å². The molecule has 0 unspecified atom stereocenters. The Hall–Kier alpha value is -4.26. The number of hydrogen-bond acceptors (Lipinski definition) is 5. The summed E-state index contributed by atoms with van der Waals surface area (Å²) in [4.78, 5) is 33.1. The second-order valence-electron chi connectivity index (χ2n) is 6.39. The van der Waals surface area contributed by atoms with Gasteiger partial charge in [0.15, 0.2) is 5.75 Å². The molecule has 2 aromatic heterocycles. The number of nitrogens with zero attached hydrogens (tertiary/aromatic N) is 2. The van der Waals surface area contributed by atoms with E-state index in [1.54, 1.807) is 55.0 Å². The van der Waals surface area contributed by atoms with E-state index in [1.807, 2.05) is 30.3 Å². The first-order chi connectivity index (χ1) is 14.7. The molecule has 0 saturated carbocycles. The van der Waals surface area contributed by atoms with Crippen molar-refractivity contribution in [3.8, 4) is 11.5 Å². The lowest BCUT2D eigenvalue weighted by molar-refractivity contribution is -0.115. The van der Waals surface area contributed by atoms with Crippen molar-refractivity contribution < 1.29 is 14.3 Å². The second-order valence-corrected chi connectivity index (χ2v) is 6.39. The number of rotatable bonds is 6. The Kier molecular flexibility index (Phi) is 5.61. The molecule has 4 rings (SSSR count). The number of hydrogen-bond donors (Lipinski definition) is 2. The Labute approximate surface area is 172 Å². The van der Waals surface area contributed by atoms with E-state index in [0.717, 1.165) is 10.8 Å². The topological polar surface area (TPSA) is 93.2 Å². The smallest absolute Gasteiger partial charge is 0.270 e. The number of para-hydroxylation sites is 2. The van der Waals surface area contributed by atoms with E-state index in [0.29, 0.717) is 17.2 Å². The Morgan fingerprint density at radius 1 is 0.867 bits per heavy atom. The van der Waals surface area contributed by atoms with Crippen LogP contribution in [0, 0.1) is 0 Å². The summed E-state index contributed by atoms with van der Waals surface area (Å²) in [5.74, 6) is 0.291. The molecule has 0 radical (unpaired) electrons. The predicted octanol–water partition coefficient (Wildman–Crippen LogP) is 3.79. The van der Waals surface area contributed by atoms with E-state index in [1.165, 1.54) is 0 Å². The van der Waals surface area contributed by atoms with E-state index in [-0.39, 0.29) is 18.1 Å². The highest BCUT2D eigenvalue weighted by atomic mass is 16.5. The first-order valence-corrected chi connectivity index (χ1v) is 9.29. The molecule has 7 heteroatoms. The summed E-state index contributed by atoms with van der Waals surface area (Å²) >= 11 is 0. The molecule has 0 atom stereocenters. The summed E-state index contributed by atoms with van der Waals surface area (Å²) in [6.45, 7) is -0.201. The largest absolute Gasteiger partial charge is 0.455 e. The lowest BCUT2D eigenvalue weighted by atomic mass is 10.1. The third kappa shape index (κ3) is 4.41. The molecule has 4 aromatic rings. The van der Waals surface area contributed by atoms with Crippen LogP contribution in [0.2, 0.25) is 0 Å². The summed E-state index contributed by atoms with van der Waals surface area (Å²) in [6.07, 6.45) is 4.81. The fourth-order valence-corrected chi connectivity index (χ4v) is 2.93. The van der Waals surface area contributed by atoms with Crippen molar-refractivity contribution in [1.82, 2.24) is 15.3 Å². The minimum absolute atomic E-state index is 0.201. The van der Waals surface area contributed by atoms with Crippen molar-refractivity contribution in [3.05, 3.63) is 91.0 Å². The lowest BCUT2D eigenvalue weighted by Crippen LogP contribution is -2.33. The highest BCUT2D eigenvalue weighted by Gasteiger charge is 2.14. The Morgan fingerprint density at radius 3 is 2.50 bits per heavy atom. The zero-order chi connectivity index (χ0) is 20.8. The number of fused-ring (bicyclic) bond motifs is 1. The van der Waals surface area contributed by atoms with E-state index < -0.39 is 5.91 Å². The number of carbonyl (C=O) groups is 2. The molecule has 2 aromatic carbocycles. The van der Waals surface area contributed by atoms with Crippen LogP contribution in [0.5, 0.6) is 11.5 Å². The van der Waals surface area contributed by atoms with E-state index in [2.05, 4.69) is 20.6 Å². The average molecular weight is 398 g/mol. The zero-order valence-corrected chi connectivity index (χ0v) is 15.9. The van der Waals surface area contributed by atoms with Crippen LogP contribution in [0.4, 0.5) is 5.69 Å². The van der Waals surface area contributed by atoms with Crippen LogP contribution in [0.25, 0.3) is 10.8 Å². The fraction of sp³-hybridized carbons (Fsp3) is 0.0435. The van der Waals surface area contributed by atoms with Crippen molar-refractivity contribution in [2.75, 3.05) is 11.9 Å². The van der Waals surface area contributed by atoms with Gasteiger partial charge in [0, 0.05) is 24.0 Å². The molecule has 148 valence electrons. The van der Waals surface area contributed by atoms with Crippen molar-refractivity contribution in [3.63, 3.8) is 0 Å². The number of anilines is 1. The average Bonchev–Trinajstić information content (AvgIpc) is 2.79. The summed E-state index contributed by atoms with van der Waals surface area (Å²) in [5, 5.41) is 7.02. The third-order valence-electron chi connectivity index (χ3n) is 4.34. The van der Waals surface area contributed by atoms with Crippen molar-refractivity contribution in [1.29, 1.82) is 0 Å². The van der Waals surface area contributed by atoms with Gasteiger partial charge in [-0.2, -0.15) is 0 Å². The molecule has 2 heterocycles. The van der Waals surface area contributed by atoms with Crippen LogP contribution in [0.1, 0.15) is 10.5 Å². The van der Waals surface area contributed by atoms with E-state index in [4.69, 9.17) is 4.74 Å². The summed E-state index contributed by atoms with van der Waals surface area (Å²) in [7, 11) is 0. The fourth-order valence-electron chi connectivity index (χ4n) is 2.93. The van der Waals surface area contributed by atoms with Crippen LogP contribution in [-0.4, -0.2) is 28.3 Å². The maximum absolute atomic E-state index is 12.5. The molecule has 0 saturated heterocycles. The van der Waals surface area contributed by atoms with Gasteiger partial charge in [-0.15, -0.1) is 0 Å². The Morgan fingerprint density at radius 2 is 1.63 bits per heavy atom. The lowest BCUT2D eigenvalue weighted by Gasteiger charge is -2.12. The molecule has 0 aliphatic heterocycles. The van der Waals surface area contributed by atoms with Gasteiger partial charge in [0.25, 0.3) is 5.91 Å². The minimum atomic E-state index is -0.414. The number of pyridine rings is 2. The number of amides is 2. The maximum atomic E-state index is 12.5. The molecule has 0 bridgehead atoms. The number of ether oxygens (including phenoxy) is 1. The number of benzene rings is 2. The molecule has 7 nitrogen and oxygen atoms in total.